The van der Waals surface area contributed by atoms with Gasteiger partial charge in [-0.25, -0.2) is 0 Å². The van der Waals surface area contributed by atoms with E-state index in [4.69, 9.17) is 19.7 Å². The predicted molar refractivity (Wildman–Crippen MR) is 81.4 cm³/mol. The van der Waals surface area contributed by atoms with E-state index in [2.05, 4.69) is 15.3 Å². The zero-order valence-electron chi connectivity index (χ0n) is 13.0. The van der Waals surface area contributed by atoms with E-state index in [1.807, 2.05) is 30.3 Å². The molecule has 1 aromatic rings. The second-order valence-corrected chi connectivity index (χ2v) is 5.66. The van der Waals surface area contributed by atoms with Crippen LogP contribution in [0.15, 0.2) is 35.4 Å². The molecule has 2 saturated heterocycles. The van der Waals surface area contributed by atoms with Crippen molar-refractivity contribution < 1.29 is 24.1 Å². The number of aliphatic hydroxyl groups is 1. The molecule has 0 radical (unpaired) electrons. The number of azide groups is 1. The first-order valence-electron chi connectivity index (χ1n) is 7.57. The van der Waals surface area contributed by atoms with Crippen molar-refractivity contribution in [2.24, 2.45) is 5.11 Å². The van der Waals surface area contributed by atoms with E-state index in [-0.39, 0.29) is 12.5 Å². The van der Waals surface area contributed by atoms with E-state index in [9.17, 15) is 9.90 Å². The Kier molecular flexibility index (Phi) is 4.98. The first kappa shape index (κ1) is 16.7. The third-order valence-electron chi connectivity index (χ3n) is 3.99. The van der Waals surface area contributed by atoms with Crippen LogP contribution in [-0.4, -0.2) is 48.2 Å². The van der Waals surface area contributed by atoms with Gasteiger partial charge in [-0.3, -0.25) is 4.79 Å². The fourth-order valence-electron chi connectivity index (χ4n) is 2.93. The van der Waals surface area contributed by atoms with Gasteiger partial charge in [-0.1, -0.05) is 35.4 Å². The van der Waals surface area contributed by atoms with Crippen LogP contribution in [0.2, 0.25) is 0 Å². The van der Waals surface area contributed by atoms with Crippen molar-refractivity contribution in [3.8, 4) is 0 Å². The minimum absolute atomic E-state index is 0.172. The van der Waals surface area contributed by atoms with Crippen LogP contribution < -0.4 is 5.32 Å². The standard InChI is InChI=1S/C15H18N4O5/c1-8(20)17-11-12(21)13-10(23-14(11)18-19-16)7-22-15(24-13)9-5-3-2-4-6-9/h2-6,10-15,21H,7H2,1H3,(H,17,20)/t10-,11-,12-,13-,14-,15-/m1/s1. The van der Waals surface area contributed by atoms with Crippen LogP contribution in [0.3, 0.4) is 0 Å². The lowest BCUT2D eigenvalue weighted by atomic mass is 9.95. The Morgan fingerprint density at radius 2 is 2.12 bits per heavy atom. The molecular formula is C15H18N4O5. The maximum absolute atomic E-state index is 11.4. The van der Waals surface area contributed by atoms with E-state index >= 15 is 0 Å². The Hall–Kier alpha value is -2.16. The first-order chi connectivity index (χ1) is 11.6. The van der Waals surface area contributed by atoms with E-state index in [0.29, 0.717) is 0 Å². The van der Waals surface area contributed by atoms with Crippen molar-refractivity contribution in [2.45, 2.75) is 43.8 Å². The van der Waals surface area contributed by atoms with Gasteiger partial charge in [0.1, 0.15) is 18.3 Å². The monoisotopic (exact) mass is 334 g/mol. The molecular weight excluding hydrogens is 316 g/mol. The quantitative estimate of drug-likeness (QED) is 0.484. The summed E-state index contributed by atoms with van der Waals surface area (Å²) in [7, 11) is 0. The molecule has 0 aromatic heterocycles. The average molecular weight is 334 g/mol. The van der Waals surface area contributed by atoms with Crippen molar-refractivity contribution in [3.05, 3.63) is 46.3 Å². The number of benzene rings is 1. The van der Waals surface area contributed by atoms with Gasteiger partial charge in [0.05, 0.1) is 12.6 Å². The van der Waals surface area contributed by atoms with E-state index in [0.717, 1.165) is 5.56 Å². The van der Waals surface area contributed by atoms with Crippen LogP contribution in [0, 0.1) is 0 Å². The number of hydrogen-bond donors (Lipinski definition) is 2. The molecule has 1 aromatic carbocycles. The number of aliphatic hydroxyl groups excluding tert-OH is 1. The molecule has 2 fully saturated rings. The van der Waals surface area contributed by atoms with Crippen molar-refractivity contribution >= 4 is 5.91 Å². The predicted octanol–water partition coefficient (Wildman–Crippen LogP) is 1.00. The zero-order chi connectivity index (χ0) is 17.1. The summed E-state index contributed by atoms with van der Waals surface area (Å²) >= 11 is 0. The number of ether oxygens (including phenoxy) is 3. The molecule has 0 spiro atoms. The lowest BCUT2D eigenvalue weighted by Gasteiger charge is -2.47. The number of nitrogens with one attached hydrogen (secondary N) is 1. The molecule has 9 nitrogen and oxygen atoms in total. The highest BCUT2D eigenvalue weighted by atomic mass is 16.7. The molecule has 128 valence electrons. The molecule has 2 aliphatic heterocycles. The minimum atomic E-state index is -1.10. The topological polar surface area (TPSA) is 126 Å². The Labute approximate surface area is 138 Å². The summed E-state index contributed by atoms with van der Waals surface area (Å²) in [6.45, 7) is 1.48. The van der Waals surface area contributed by atoms with Gasteiger partial charge in [-0.05, 0) is 5.53 Å². The molecule has 2 aliphatic rings. The fraction of sp³-hybridized carbons (Fsp3) is 0.533. The van der Waals surface area contributed by atoms with E-state index < -0.39 is 36.9 Å². The van der Waals surface area contributed by atoms with Crippen molar-refractivity contribution in [1.29, 1.82) is 0 Å². The SMILES string of the molecule is CC(=O)N[C@@H]1[C@@H](O)[C@@H]2O[C@H](c3ccccc3)OC[C@H]2O[C@H]1N=[N+]=[N-]. The highest BCUT2D eigenvalue weighted by Gasteiger charge is 2.49. The van der Waals surface area contributed by atoms with Crippen molar-refractivity contribution in [2.75, 3.05) is 6.61 Å². The van der Waals surface area contributed by atoms with Gasteiger partial charge in [0.25, 0.3) is 0 Å². The summed E-state index contributed by atoms with van der Waals surface area (Å²) < 4.78 is 17.1. The first-order valence-corrected chi connectivity index (χ1v) is 7.57. The maximum atomic E-state index is 11.4. The fourth-order valence-corrected chi connectivity index (χ4v) is 2.93. The lowest BCUT2D eigenvalue weighted by molar-refractivity contribution is -0.314. The van der Waals surface area contributed by atoms with E-state index in [1.165, 1.54) is 6.92 Å². The molecule has 3 rings (SSSR count). The highest BCUT2D eigenvalue weighted by Crippen LogP contribution is 2.34. The summed E-state index contributed by atoms with van der Waals surface area (Å²) in [6, 6.07) is 8.42. The van der Waals surface area contributed by atoms with Gasteiger partial charge in [0, 0.05) is 17.4 Å². The van der Waals surface area contributed by atoms with Crippen molar-refractivity contribution in [1.82, 2.24) is 5.32 Å². The molecule has 9 heteroatoms. The summed E-state index contributed by atoms with van der Waals surface area (Å²) in [4.78, 5) is 14.1. The largest absolute Gasteiger partial charge is 0.388 e. The Morgan fingerprint density at radius 3 is 2.79 bits per heavy atom. The Balaban J connectivity index is 1.79. The molecule has 2 N–H and O–H groups in total. The zero-order valence-corrected chi connectivity index (χ0v) is 13.0. The molecule has 0 saturated carbocycles. The average Bonchev–Trinajstić information content (AvgIpc) is 2.59. The van der Waals surface area contributed by atoms with Gasteiger partial charge in [-0.2, -0.15) is 0 Å². The van der Waals surface area contributed by atoms with Gasteiger partial charge in [-0.15, -0.1) is 0 Å². The second-order valence-electron chi connectivity index (χ2n) is 5.66. The van der Waals surface area contributed by atoms with Crippen LogP contribution in [0.1, 0.15) is 18.8 Å². The lowest BCUT2D eigenvalue weighted by Crippen LogP contribution is -2.65. The Bertz CT molecular complexity index is 636. The summed E-state index contributed by atoms with van der Waals surface area (Å²) in [5.41, 5.74) is 9.48. The molecule has 0 aliphatic carbocycles. The number of hydrogen-bond acceptors (Lipinski definition) is 6. The van der Waals surface area contributed by atoms with Crippen LogP contribution >= 0.6 is 0 Å². The second kappa shape index (κ2) is 7.16. The van der Waals surface area contributed by atoms with E-state index in [1.54, 1.807) is 0 Å². The molecule has 6 atom stereocenters. The van der Waals surface area contributed by atoms with Crippen LogP contribution in [0.5, 0.6) is 0 Å². The van der Waals surface area contributed by atoms with Gasteiger partial charge in [0.15, 0.2) is 12.5 Å². The third kappa shape index (κ3) is 3.35. The molecule has 0 bridgehead atoms. The van der Waals surface area contributed by atoms with Crippen molar-refractivity contribution in [3.63, 3.8) is 0 Å². The minimum Gasteiger partial charge on any atom is -0.388 e. The van der Waals surface area contributed by atoms with Crippen LogP contribution in [0.4, 0.5) is 0 Å². The number of carbonyl (C=O) groups excluding carboxylic acids is 1. The van der Waals surface area contributed by atoms with Gasteiger partial charge < -0.3 is 24.6 Å². The van der Waals surface area contributed by atoms with Crippen LogP contribution in [0.25, 0.3) is 10.4 Å². The summed E-state index contributed by atoms with van der Waals surface area (Å²) in [5.74, 6) is -0.370. The molecule has 0 unspecified atom stereocenters. The van der Waals surface area contributed by atoms with Gasteiger partial charge in [0.2, 0.25) is 5.91 Å². The molecule has 2 heterocycles. The third-order valence-corrected chi connectivity index (χ3v) is 3.99. The number of amides is 1. The Morgan fingerprint density at radius 1 is 1.38 bits per heavy atom. The smallest absolute Gasteiger partial charge is 0.217 e. The number of fused-ring (bicyclic) bond motifs is 1. The maximum Gasteiger partial charge on any atom is 0.217 e. The molecule has 24 heavy (non-hydrogen) atoms. The number of rotatable bonds is 3. The van der Waals surface area contributed by atoms with Crippen LogP contribution in [-0.2, 0) is 19.0 Å². The highest BCUT2D eigenvalue weighted by molar-refractivity contribution is 5.73. The summed E-state index contributed by atoms with van der Waals surface area (Å²) in [6.07, 6.45) is -4.08. The summed E-state index contributed by atoms with van der Waals surface area (Å²) in [5, 5.41) is 16.7. The molecule has 1 amide bonds. The number of nitrogens with zero attached hydrogens (tertiary/aromatic N) is 3. The number of carbonyl (C=O) groups is 1. The van der Waals surface area contributed by atoms with Gasteiger partial charge >= 0.3 is 0 Å². The normalized spacial score (nSPS) is 35.4.